The van der Waals surface area contributed by atoms with Crippen LogP contribution in [0.1, 0.15) is 32.0 Å². The molecule has 1 rings (SSSR count). The summed E-state index contributed by atoms with van der Waals surface area (Å²) in [6.45, 7) is 4.30. The lowest BCUT2D eigenvalue weighted by Crippen LogP contribution is -2.38. The fraction of sp³-hybridized carbons (Fsp3) is 0.700. The molecule has 2 atom stereocenters. The van der Waals surface area contributed by atoms with Gasteiger partial charge in [0.05, 0.1) is 19.3 Å². The van der Waals surface area contributed by atoms with Gasteiger partial charge in [0.15, 0.2) is 0 Å². The molecule has 0 saturated carbocycles. The standard InChI is InChI=1S/C10H19N5O2/c1-3-7(2)12-9(10(11)17)8-6-15(4-5-16)14-13-8/h6-7,9,12,16H,3-5H2,1-2H3,(H2,11,17). The number of primary amides is 1. The van der Waals surface area contributed by atoms with Crippen molar-refractivity contribution in [1.82, 2.24) is 20.3 Å². The van der Waals surface area contributed by atoms with Gasteiger partial charge in [-0.25, -0.2) is 4.68 Å². The van der Waals surface area contributed by atoms with Gasteiger partial charge < -0.3 is 10.8 Å². The van der Waals surface area contributed by atoms with Crippen molar-refractivity contribution in [2.24, 2.45) is 5.73 Å². The average molecular weight is 241 g/mol. The second kappa shape index (κ2) is 6.31. The molecule has 96 valence electrons. The third-order valence-electron chi connectivity index (χ3n) is 2.53. The minimum Gasteiger partial charge on any atom is -0.394 e. The summed E-state index contributed by atoms with van der Waals surface area (Å²) in [4.78, 5) is 11.4. The molecule has 2 unspecified atom stereocenters. The minimum absolute atomic E-state index is 0.0250. The van der Waals surface area contributed by atoms with E-state index in [-0.39, 0.29) is 12.6 Å². The topological polar surface area (TPSA) is 106 Å². The van der Waals surface area contributed by atoms with Gasteiger partial charge in [0.2, 0.25) is 5.91 Å². The molecular formula is C10H19N5O2. The van der Waals surface area contributed by atoms with Crippen LogP contribution in [0.2, 0.25) is 0 Å². The van der Waals surface area contributed by atoms with E-state index in [0.29, 0.717) is 12.2 Å². The molecule has 0 fully saturated rings. The predicted octanol–water partition coefficient (Wildman–Crippen LogP) is -0.815. The monoisotopic (exact) mass is 241 g/mol. The highest BCUT2D eigenvalue weighted by Crippen LogP contribution is 2.10. The van der Waals surface area contributed by atoms with E-state index in [1.165, 1.54) is 4.68 Å². The highest BCUT2D eigenvalue weighted by Gasteiger charge is 2.22. The maximum absolute atomic E-state index is 11.4. The number of carbonyl (C=O) groups is 1. The summed E-state index contributed by atoms with van der Waals surface area (Å²) in [6, 6.07) is -0.479. The number of amides is 1. The van der Waals surface area contributed by atoms with Crippen LogP contribution in [0.25, 0.3) is 0 Å². The van der Waals surface area contributed by atoms with Crippen molar-refractivity contribution in [3.8, 4) is 0 Å². The SMILES string of the molecule is CCC(C)NC(C(N)=O)c1cn(CCO)nn1. The molecule has 0 aliphatic rings. The second-order valence-electron chi connectivity index (χ2n) is 3.94. The Morgan fingerprint density at radius 2 is 2.41 bits per heavy atom. The van der Waals surface area contributed by atoms with Gasteiger partial charge in [0.1, 0.15) is 11.7 Å². The summed E-state index contributed by atoms with van der Waals surface area (Å²) >= 11 is 0. The fourth-order valence-electron chi connectivity index (χ4n) is 1.37. The van der Waals surface area contributed by atoms with Gasteiger partial charge in [-0.15, -0.1) is 5.10 Å². The normalized spacial score (nSPS) is 14.5. The van der Waals surface area contributed by atoms with Crippen LogP contribution in [0.3, 0.4) is 0 Å². The molecular weight excluding hydrogens is 222 g/mol. The van der Waals surface area contributed by atoms with E-state index >= 15 is 0 Å². The van der Waals surface area contributed by atoms with Gasteiger partial charge >= 0.3 is 0 Å². The molecule has 1 heterocycles. The molecule has 7 heteroatoms. The molecule has 0 aliphatic heterocycles. The highest BCUT2D eigenvalue weighted by atomic mass is 16.3. The lowest BCUT2D eigenvalue weighted by atomic mass is 10.1. The Labute approximate surface area is 100.0 Å². The summed E-state index contributed by atoms with van der Waals surface area (Å²) in [5.74, 6) is -0.485. The van der Waals surface area contributed by atoms with Crippen molar-refractivity contribution in [2.45, 2.75) is 38.9 Å². The molecule has 1 amide bonds. The molecule has 0 saturated heterocycles. The van der Waals surface area contributed by atoms with E-state index in [1.54, 1.807) is 6.20 Å². The van der Waals surface area contributed by atoms with Gasteiger partial charge in [-0.2, -0.15) is 0 Å². The summed E-state index contributed by atoms with van der Waals surface area (Å²) < 4.78 is 1.48. The average Bonchev–Trinajstić information content (AvgIpc) is 2.74. The first-order valence-electron chi connectivity index (χ1n) is 5.64. The zero-order valence-electron chi connectivity index (χ0n) is 10.1. The van der Waals surface area contributed by atoms with Crippen molar-refractivity contribution in [3.63, 3.8) is 0 Å². The third kappa shape index (κ3) is 3.79. The van der Waals surface area contributed by atoms with Crippen LogP contribution in [0, 0.1) is 0 Å². The van der Waals surface area contributed by atoms with E-state index in [2.05, 4.69) is 15.6 Å². The number of nitrogens with zero attached hydrogens (tertiary/aromatic N) is 3. The molecule has 1 aromatic rings. The Morgan fingerprint density at radius 3 is 2.94 bits per heavy atom. The third-order valence-corrected chi connectivity index (χ3v) is 2.53. The number of aliphatic hydroxyl groups excluding tert-OH is 1. The van der Waals surface area contributed by atoms with Gasteiger partial charge in [-0.05, 0) is 13.3 Å². The van der Waals surface area contributed by atoms with Gasteiger partial charge in [0, 0.05) is 6.04 Å². The summed E-state index contributed by atoms with van der Waals surface area (Å²) in [6.07, 6.45) is 2.50. The smallest absolute Gasteiger partial charge is 0.240 e. The number of rotatable bonds is 7. The van der Waals surface area contributed by atoms with Gasteiger partial charge in [0.25, 0.3) is 0 Å². The van der Waals surface area contributed by atoms with Gasteiger partial charge in [-0.1, -0.05) is 12.1 Å². The van der Waals surface area contributed by atoms with Crippen molar-refractivity contribution in [2.75, 3.05) is 6.61 Å². The Balaban J connectivity index is 2.78. The molecule has 17 heavy (non-hydrogen) atoms. The number of hydrogen-bond acceptors (Lipinski definition) is 5. The Morgan fingerprint density at radius 1 is 1.71 bits per heavy atom. The number of hydrogen-bond donors (Lipinski definition) is 3. The lowest BCUT2D eigenvalue weighted by molar-refractivity contribution is -0.120. The minimum atomic E-state index is -0.641. The molecule has 0 aliphatic carbocycles. The lowest BCUT2D eigenvalue weighted by Gasteiger charge is -2.17. The highest BCUT2D eigenvalue weighted by molar-refractivity contribution is 5.80. The molecule has 1 aromatic heterocycles. The maximum Gasteiger partial charge on any atom is 0.240 e. The van der Waals surface area contributed by atoms with Crippen LogP contribution >= 0.6 is 0 Å². The quantitative estimate of drug-likeness (QED) is 0.578. The van der Waals surface area contributed by atoms with Crippen LogP contribution < -0.4 is 11.1 Å². The first kappa shape index (κ1) is 13.6. The zero-order valence-corrected chi connectivity index (χ0v) is 10.1. The molecule has 0 spiro atoms. The molecule has 7 nitrogen and oxygen atoms in total. The van der Waals surface area contributed by atoms with E-state index in [1.807, 2.05) is 13.8 Å². The van der Waals surface area contributed by atoms with Crippen molar-refractivity contribution in [1.29, 1.82) is 0 Å². The van der Waals surface area contributed by atoms with Crippen LogP contribution in [-0.4, -0.2) is 38.7 Å². The number of aliphatic hydroxyl groups is 1. The van der Waals surface area contributed by atoms with E-state index < -0.39 is 11.9 Å². The summed E-state index contributed by atoms with van der Waals surface area (Å²) in [5, 5.41) is 19.5. The van der Waals surface area contributed by atoms with Crippen molar-refractivity contribution >= 4 is 5.91 Å². The number of carbonyl (C=O) groups excluding carboxylic acids is 1. The van der Waals surface area contributed by atoms with Crippen LogP contribution in [-0.2, 0) is 11.3 Å². The van der Waals surface area contributed by atoms with Crippen molar-refractivity contribution < 1.29 is 9.90 Å². The summed E-state index contributed by atoms with van der Waals surface area (Å²) in [7, 11) is 0. The Bertz CT molecular complexity index is 365. The molecule has 4 N–H and O–H groups in total. The van der Waals surface area contributed by atoms with Crippen molar-refractivity contribution in [3.05, 3.63) is 11.9 Å². The van der Waals surface area contributed by atoms with E-state index in [4.69, 9.17) is 10.8 Å². The van der Waals surface area contributed by atoms with Crippen LogP contribution in [0.15, 0.2) is 6.20 Å². The first-order chi connectivity index (χ1) is 8.08. The number of aromatic nitrogens is 3. The van der Waals surface area contributed by atoms with E-state index in [9.17, 15) is 4.79 Å². The molecule has 0 bridgehead atoms. The largest absolute Gasteiger partial charge is 0.394 e. The zero-order chi connectivity index (χ0) is 12.8. The number of nitrogens with one attached hydrogen (secondary N) is 1. The first-order valence-corrected chi connectivity index (χ1v) is 5.64. The Kier molecular flexibility index (Phi) is 5.05. The summed E-state index contributed by atoms with van der Waals surface area (Å²) in [5.41, 5.74) is 5.81. The second-order valence-corrected chi connectivity index (χ2v) is 3.94. The number of nitrogens with two attached hydrogens (primary N) is 1. The Hall–Kier alpha value is -1.47. The molecule has 0 aromatic carbocycles. The fourth-order valence-corrected chi connectivity index (χ4v) is 1.37. The van der Waals surface area contributed by atoms with Gasteiger partial charge in [-0.3, -0.25) is 10.1 Å². The van der Waals surface area contributed by atoms with Crippen LogP contribution in [0.4, 0.5) is 0 Å². The predicted molar refractivity (Wildman–Crippen MR) is 61.9 cm³/mol. The molecule has 0 radical (unpaired) electrons. The van der Waals surface area contributed by atoms with E-state index in [0.717, 1.165) is 6.42 Å². The maximum atomic E-state index is 11.4. The van der Waals surface area contributed by atoms with Crippen LogP contribution in [0.5, 0.6) is 0 Å².